The molecule has 3 aromatic rings. The molecular weight excluding hydrogens is 370 g/mol. The van der Waals surface area contributed by atoms with Crippen molar-refractivity contribution in [2.75, 3.05) is 19.4 Å². The Bertz CT molecular complexity index is 1120. The van der Waals surface area contributed by atoms with Crippen LogP contribution in [0.4, 0.5) is 5.69 Å². The van der Waals surface area contributed by atoms with Gasteiger partial charge in [-0.25, -0.2) is 5.43 Å². The smallest absolute Gasteiger partial charge is 0.272 e. The molecule has 0 saturated carbocycles. The molecule has 4 N–H and O–H groups in total. The van der Waals surface area contributed by atoms with Crippen molar-refractivity contribution in [3.05, 3.63) is 59.3 Å². The topological polar surface area (TPSA) is 110 Å². The van der Waals surface area contributed by atoms with Crippen molar-refractivity contribution in [3.8, 4) is 5.75 Å². The van der Waals surface area contributed by atoms with Crippen LogP contribution in [-0.4, -0.2) is 53.2 Å². The highest BCUT2D eigenvalue weighted by molar-refractivity contribution is 6.15. The molecule has 148 valence electrons. The zero-order chi connectivity index (χ0) is 20.5. The van der Waals surface area contributed by atoms with Crippen molar-refractivity contribution >= 4 is 34.6 Å². The maximum Gasteiger partial charge on any atom is 0.272 e. The molecular formula is C21H21N5O3. The number of aromatic nitrogens is 1. The van der Waals surface area contributed by atoms with Crippen LogP contribution in [0, 0.1) is 0 Å². The molecule has 8 heteroatoms. The van der Waals surface area contributed by atoms with Gasteiger partial charge in [-0.2, -0.15) is 5.10 Å². The summed E-state index contributed by atoms with van der Waals surface area (Å²) in [7, 11) is 3.67. The maximum atomic E-state index is 13.0. The van der Waals surface area contributed by atoms with E-state index in [2.05, 4.69) is 20.8 Å². The third-order valence-corrected chi connectivity index (χ3v) is 4.98. The predicted molar refractivity (Wildman–Crippen MR) is 111 cm³/mol. The summed E-state index contributed by atoms with van der Waals surface area (Å²) in [6, 6.07) is 9.84. The Hall–Kier alpha value is -3.65. The second-order valence-corrected chi connectivity index (χ2v) is 7.23. The van der Waals surface area contributed by atoms with Crippen LogP contribution in [0.5, 0.6) is 5.75 Å². The number of hydrazone groups is 1. The molecule has 0 radical (unpaired) electrons. The highest BCUT2D eigenvalue weighted by Gasteiger charge is 2.23. The van der Waals surface area contributed by atoms with Crippen molar-refractivity contribution in [2.45, 2.75) is 12.5 Å². The van der Waals surface area contributed by atoms with E-state index in [0.29, 0.717) is 17.7 Å². The Labute approximate surface area is 167 Å². The van der Waals surface area contributed by atoms with Crippen molar-refractivity contribution < 1.29 is 14.7 Å². The monoisotopic (exact) mass is 391 g/mol. The second-order valence-electron chi connectivity index (χ2n) is 7.23. The number of carbonyl (C=O) groups excluding carboxylic acids is 2. The minimum atomic E-state index is -0.425. The molecule has 1 aliphatic heterocycles. The zero-order valence-corrected chi connectivity index (χ0v) is 16.1. The fraction of sp³-hybridized carbons (Fsp3) is 0.190. The van der Waals surface area contributed by atoms with E-state index < -0.39 is 6.04 Å². The lowest BCUT2D eigenvalue weighted by atomic mass is 10.0. The Balaban J connectivity index is 1.61. The minimum absolute atomic E-state index is 0.186. The number of aromatic amines is 1. The van der Waals surface area contributed by atoms with Gasteiger partial charge in [0, 0.05) is 28.4 Å². The highest BCUT2D eigenvalue weighted by atomic mass is 16.3. The van der Waals surface area contributed by atoms with Gasteiger partial charge in [0.1, 0.15) is 5.75 Å². The molecule has 0 spiro atoms. The Morgan fingerprint density at radius 1 is 1.24 bits per heavy atom. The first kappa shape index (κ1) is 18.7. The largest absolute Gasteiger partial charge is 0.508 e. The first-order valence-corrected chi connectivity index (χ1v) is 9.16. The van der Waals surface area contributed by atoms with Gasteiger partial charge in [0.15, 0.2) is 0 Å². The summed E-state index contributed by atoms with van der Waals surface area (Å²) < 4.78 is 0. The molecule has 2 amide bonds. The molecule has 0 unspecified atom stereocenters. The maximum absolute atomic E-state index is 13.0. The van der Waals surface area contributed by atoms with Gasteiger partial charge < -0.3 is 15.4 Å². The number of carbonyl (C=O) groups is 2. The molecule has 0 fully saturated rings. The molecule has 8 nitrogen and oxygen atoms in total. The fourth-order valence-electron chi connectivity index (χ4n) is 3.46. The summed E-state index contributed by atoms with van der Waals surface area (Å²) in [5.41, 5.74) is 5.94. The van der Waals surface area contributed by atoms with Gasteiger partial charge in [0.25, 0.3) is 5.91 Å². The lowest BCUT2D eigenvalue weighted by molar-refractivity contribution is -0.120. The van der Waals surface area contributed by atoms with Crippen LogP contribution in [0.3, 0.4) is 0 Å². The lowest BCUT2D eigenvalue weighted by Gasteiger charge is -2.23. The van der Waals surface area contributed by atoms with Crippen LogP contribution >= 0.6 is 0 Å². The van der Waals surface area contributed by atoms with E-state index in [4.69, 9.17) is 0 Å². The summed E-state index contributed by atoms with van der Waals surface area (Å²) in [5, 5.41) is 17.1. The molecule has 2 aromatic carbocycles. The standard InChI is InChI=1S/C21H21N5O3/c1-26(2)18(7-12-3-5-15(27)6-4-12)21(29)24-14-8-16-19-13(10-22-17(19)9-14)11-23-25-20(16)28/h3-6,8-11,18,22,27H,7H2,1-2H3,(H,24,29)(H,25,28)/t18-/m1/s1. The number of nitrogens with zero attached hydrogens (tertiary/aromatic N) is 2. The molecule has 29 heavy (non-hydrogen) atoms. The number of hydrogen-bond donors (Lipinski definition) is 4. The molecule has 0 bridgehead atoms. The zero-order valence-electron chi connectivity index (χ0n) is 16.1. The Morgan fingerprint density at radius 2 is 2.00 bits per heavy atom. The molecule has 1 aliphatic rings. The predicted octanol–water partition coefficient (Wildman–Crippen LogP) is 2.06. The first-order chi connectivity index (χ1) is 13.9. The molecule has 4 rings (SSSR count). The average molecular weight is 391 g/mol. The number of rotatable bonds is 5. The van der Waals surface area contributed by atoms with E-state index in [1.165, 1.54) is 0 Å². The Morgan fingerprint density at radius 3 is 2.72 bits per heavy atom. The normalized spacial score (nSPS) is 14.0. The third kappa shape index (κ3) is 3.70. The number of nitrogens with one attached hydrogen (secondary N) is 3. The van der Waals surface area contributed by atoms with E-state index >= 15 is 0 Å². The number of H-pyrrole nitrogens is 1. The van der Waals surface area contributed by atoms with Crippen molar-refractivity contribution in [1.29, 1.82) is 0 Å². The van der Waals surface area contributed by atoms with Gasteiger partial charge in [0.2, 0.25) is 5.91 Å². The average Bonchev–Trinajstić information content (AvgIpc) is 3.01. The number of benzene rings is 2. The van der Waals surface area contributed by atoms with E-state index in [1.54, 1.807) is 48.8 Å². The van der Waals surface area contributed by atoms with Gasteiger partial charge in [-0.3, -0.25) is 14.5 Å². The van der Waals surface area contributed by atoms with E-state index in [1.807, 2.05) is 19.0 Å². The summed E-state index contributed by atoms with van der Waals surface area (Å²) in [6.45, 7) is 0. The highest BCUT2D eigenvalue weighted by Crippen LogP contribution is 2.27. The molecule has 0 saturated heterocycles. The summed E-state index contributed by atoms with van der Waals surface area (Å²) in [5.74, 6) is -0.328. The second kappa shape index (κ2) is 7.40. The van der Waals surface area contributed by atoms with Crippen LogP contribution in [-0.2, 0) is 11.2 Å². The number of likely N-dealkylation sites (N-methyl/N-ethyl adjacent to an activating group) is 1. The molecule has 1 aromatic heterocycles. The molecule has 0 aliphatic carbocycles. The van der Waals surface area contributed by atoms with Crippen LogP contribution in [0.1, 0.15) is 21.5 Å². The van der Waals surface area contributed by atoms with Crippen LogP contribution in [0.15, 0.2) is 47.7 Å². The van der Waals surface area contributed by atoms with Crippen molar-refractivity contribution in [1.82, 2.24) is 15.3 Å². The van der Waals surface area contributed by atoms with E-state index in [0.717, 1.165) is 22.0 Å². The first-order valence-electron chi connectivity index (χ1n) is 9.16. The lowest BCUT2D eigenvalue weighted by Crippen LogP contribution is -2.41. The van der Waals surface area contributed by atoms with Gasteiger partial charge in [0.05, 0.1) is 17.8 Å². The Kier molecular flexibility index (Phi) is 4.77. The van der Waals surface area contributed by atoms with Crippen molar-refractivity contribution in [2.24, 2.45) is 5.10 Å². The van der Waals surface area contributed by atoms with Crippen LogP contribution in [0.25, 0.3) is 10.9 Å². The van der Waals surface area contributed by atoms with Gasteiger partial charge >= 0.3 is 0 Å². The van der Waals surface area contributed by atoms with Crippen LogP contribution in [0.2, 0.25) is 0 Å². The number of phenolic OH excluding ortho intramolecular Hbond substituents is 1. The quantitative estimate of drug-likeness (QED) is 0.534. The van der Waals surface area contributed by atoms with Crippen molar-refractivity contribution in [3.63, 3.8) is 0 Å². The number of aromatic hydroxyl groups is 1. The summed E-state index contributed by atoms with van der Waals surface area (Å²) >= 11 is 0. The number of amides is 2. The molecule has 2 heterocycles. The SMILES string of the molecule is CN(C)[C@H](Cc1ccc(O)cc1)C(=O)Nc1cc2c3c(c[nH]c3c1)C=NNC2=O. The summed E-state index contributed by atoms with van der Waals surface area (Å²) in [4.78, 5) is 30.3. The molecule has 1 atom stereocenters. The number of anilines is 1. The van der Waals surface area contributed by atoms with Crippen LogP contribution < -0.4 is 10.7 Å². The van der Waals surface area contributed by atoms with Gasteiger partial charge in [-0.05, 0) is 50.3 Å². The summed E-state index contributed by atoms with van der Waals surface area (Å²) in [6.07, 6.45) is 3.84. The third-order valence-electron chi connectivity index (χ3n) is 4.98. The fourth-order valence-corrected chi connectivity index (χ4v) is 3.46. The number of hydrogen-bond acceptors (Lipinski definition) is 5. The van der Waals surface area contributed by atoms with E-state index in [9.17, 15) is 14.7 Å². The van der Waals surface area contributed by atoms with Gasteiger partial charge in [-0.15, -0.1) is 0 Å². The van der Waals surface area contributed by atoms with E-state index in [-0.39, 0.29) is 17.6 Å². The number of phenols is 1. The van der Waals surface area contributed by atoms with Gasteiger partial charge in [-0.1, -0.05) is 12.1 Å². The minimum Gasteiger partial charge on any atom is -0.508 e.